The van der Waals surface area contributed by atoms with Gasteiger partial charge in [-0.1, -0.05) is 35.9 Å². The summed E-state index contributed by atoms with van der Waals surface area (Å²) in [4.78, 5) is 0. The van der Waals surface area contributed by atoms with Crippen LogP contribution in [0.4, 0.5) is 0 Å². The molecule has 0 aliphatic carbocycles. The number of methoxy groups -OCH3 is 1. The first kappa shape index (κ1) is 16.8. The number of hydrogen-bond acceptors (Lipinski definition) is 3. The standard InChI is InChI=1S/C18H21ClNO2/c1-22-18-4-2-3-15(11-18)12-20-13-17(21)10-7-14-5-8-16(19)9-6-14/h2-6,8-11,17,20-21H,7,12-13H2,1H3/t17-/m1/s1. The van der Waals surface area contributed by atoms with Gasteiger partial charge in [0.25, 0.3) is 0 Å². The zero-order chi connectivity index (χ0) is 15.8. The van der Waals surface area contributed by atoms with Gasteiger partial charge in [-0.2, -0.15) is 0 Å². The Morgan fingerprint density at radius 3 is 2.68 bits per heavy atom. The van der Waals surface area contributed by atoms with Gasteiger partial charge in [-0.25, -0.2) is 0 Å². The maximum absolute atomic E-state index is 9.98. The van der Waals surface area contributed by atoms with Gasteiger partial charge in [-0.15, -0.1) is 0 Å². The molecule has 0 fully saturated rings. The van der Waals surface area contributed by atoms with Crippen molar-refractivity contribution < 1.29 is 9.84 Å². The average molecular weight is 319 g/mol. The number of ether oxygens (including phenoxy) is 1. The summed E-state index contributed by atoms with van der Waals surface area (Å²) in [7, 11) is 1.65. The van der Waals surface area contributed by atoms with Gasteiger partial charge in [0.2, 0.25) is 0 Å². The fourth-order valence-corrected chi connectivity index (χ4v) is 2.25. The highest BCUT2D eigenvalue weighted by molar-refractivity contribution is 6.30. The molecule has 0 bridgehead atoms. The molecule has 0 saturated heterocycles. The molecule has 3 nitrogen and oxygen atoms in total. The van der Waals surface area contributed by atoms with E-state index in [4.69, 9.17) is 16.3 Å². The highest BCUT2D eigenvalue weighted by Gasteiger charge is 2.05. The summed E-state index contributed by atoms with van der Waals surface area (Å²) in [6, 6.07) is 15.5. The third-order valence-electron chi connectivity index (χ3n) is 3.36. The molecule has 2 aromatic carbocycles. The zero-order valence-electron chi connectivity index (χ0n) is 12.6. The molecule has 117 valence electrons. The predicted molar refractivity (Wildman–Crippen MR) is 90.2 cm³/mol. The fraction of sp³-hybridized carbons (Fsp3) is 0.278. The number of halogens is 1. The lowest BCUT2D eigenvalue weighted by Gasteiger charge is -2.12. The molecule has 0 spiro atoms. The highest BCUT2D eigenvalue weighted by atomic mass is 35.5. The van der Waals surface area contributed by atoms with Gasteiger partial charge in [0, 0.05) is 18.1 Å². The van der Waals surface area contributed by atoms with E-state index in [9.17, 15) is 5.11 Å². The van der Waals surface area contributed by atoms with Crippen molar-refractivity contribution in [1.82, 2.24) is 5.32 Å². The van der Waals surface area contributed by atoms with E-state index in [1.54, 1.807) is 7.11 Å². The van der Waals surface area contributed by atoms with Crippen LogP contribution in [0.5, 0.6) is 5.75 Å². The highest BCUT2D eigenvalue weighted by Crippen LogP contribution is 2.13. The van der Waals surface area contributed by atoms with Crippen molar-refractivity contribution in [3.05, 3.63) is 71.1 Å². The van der Waals surface area contributed by atoms with E-state index >= 15 is 0 Å². The van der Waals surface area contributed by atoms with Crippen molar-refractivity contribution in [3.63, 3.8) is 0 Å². The van der Waals surface area contributed by atoms with Crippen LogP contribution >= 0.6 is 11.6 Å². The lowest BCUT2D eigenvalue weighted by molar-refractivity contribution is 0.200. The molecular weight excluding hydrogens is 298 g/mol. The average Bonchev–Trinajstić information content (AvgIpc) is 2.54. The molecule has 0 amide bonds. The van der Waals surface area contributed by atoms with Crippen molar-refractivity contribution in [2.24, 2.45) is 0 Å². The number of aliphatic hydroxyl groups is 1. The Labute approximate surface area is 136 Å². The second kappa shape index (κ2) is 8.79. The Hall–Kier alpha value is -1.55. The third kappa shape index (κ3) is 5.68. The van der Waals surface area contributed by atoms with Crippen molar-refractivity contribution in [3.8, 4) is 5.75 Å². The molecular formula is C18H21ClNO2. The van der Waals surface area contributed by atoms with Crippen molar-refractivity contribution >= 4 is 11.6 Å². The first-order chi connectivity index (χ1) is 10.7. The summed E-state index contributed by atoms with van der Waals surface area (Å²) in [6.07, 6.45) is 2.13. The number of aliphatic hydroxyl groups excluding tert-OH is 1. The maximum atomic E-state index is 9.98. The summed E-state index contributed by atoms with van der Waals surface area (Å²) >= 11 is 5.84. The van der Waals surface area contributed by atoms with Crippen LogP contribution in [0.15, 0.2) is 48.5 Å². The Morgan fingerprint density at radius 1 is 1.18 bits per heavy atom. The van der Waals surface area contributed by atoms with Gasteiger partial charge >= 0.3 is 0 Å². The van der Waals surface area contributed by atoms with Crippen molar-refractivity contribution in [2.45, 2.75) is 19.1 Å². The minimum absolute atomic E-state index is 0.485. The van der Waals surface area contributed by atoms with Crippen molar-refractivity contribution in [1.29, 1.82) is 0 Å². The molecule has 0 heterocycles. The third-order valence-corrected chi connectivity index (χ3v) is 3.61. The van der Waals surface area contributed by atoms with Crippen LogP contribution < -0.4 is 10.1 Å². The molecule has 0 aliphatic rings. The molecule has 2 rings (SSSR count). The molecule has 2 N–H and O–H groups in total. The predicted octanol–water partition coefficient (Wildman–Crippen LogP) is 3.25. The first-order valence-electron chi connectivity index (χ1n) is 7.27. The maximum Gasteiger partial charge on any atom is 0.119 e. The Morgan fingerprint density at radius 2 is 1.95 bits per heavy atom. The lowest BCUT2D eigenvalue weighted by atomic mass is 10.1. The minimum Gasteiger partial charge on any atom is -0.497 e. The number of benzene rings is 2. The number of hydrogen-bond donors (Lipinski definition) is 2. The van der Waals surface area contributed by atoms with Crippen LogP contribution in [-0.2, 0) is 13.0 Å². The second-order valence-electron chi connectivity index (χ2n) is 5.12. The molecule has 2 aromatic rings. The van der Waals surface area contributed by atoms with Crippen LogP contribution in [0.3, 0.4) is 0 Å². The SMILES string of the molecule is COc1cccc(CNC[C@H](O)[CH]Cc2ccc(Cl)cc2)c1. The van der Waals surface area contributed by atoms with E-state index in [1.165, 1.54) is 0 Å². The quantitative estimate of drug-likeness (QED) is 0.785. The molecule has 0 unspecified atom stereocenters. The summed E-state index contributed by atoms with van der Waals surface area (Å²) in [5.74, 6) is 0.842. The molecule has 4 heteroatoms. The van der Waals surface area contributed by atoms with E-state index in [1.807, 2.05) is 55.0 Å². The zero-order valence-corrected chi connectivity index (χ0v) is 13.4. The second-order valence-corrected chi connectivity index (χ2v) is 5.55. The molecule has 1 radical (unpaired) electrons. The normalized spacial score (nSPS) is 12.1. The Kier molecular flexibility index (Phi) is 6.72. The first-order valence-corrected chi connectivity index (χ1v) is 7.64. The van der Waals surface area contributed by atoms with Crippen LogP contribution in [0.1, 0.15) is 11.1 Å². The smallest absolute Gasteiger partial charge is 0.119 e. The fourth-order valence-electron chi connectivity index (χ4n) is 2.12. The summed E-state index contributed by atoms with van der Waals surface area (Å²) in [6.45, 7) is 1.22. The Bertz CT molecular complexity index is 572. The molecule has 0 saturated carbocycles. The van der Waals surface area contributed by atoms with Gasteiger partial charge in [0.1, 0.15) is 5.75 Å². The van der Waals surface area contributed by atoms with Crippen LogP contribution in [0.25, 0.3) is 0 Å². The van der Waals surface area contributed by atoms with Crippen molar-refractivity contribution in [2.75, 3.05) is 13.7 Å². The summed E-state index contributed by atoms with van der Waals surface area (Å²) < 4.78 is 5.19. The molecule has 0 aliphatic heterocycles. The minimum atomic E-state index is -0.485. The molecule has 1 atom stereocenters. The van der Waals surface area contributed by atoms with Gasteiger partial charge < -0.3 is 15.2 Å². The van der Waals surface area contributed by atoms with Gasteiger partial charge in [0.05, 0.1) is 13.2 Å². The van der Waals surface area contributed by atoms with E-state index in [-0.39, 0.29) is 0 Å². The van der Waals surface area contributed by atoms with Crippen LogP contribution in [0, 0.1) is 6.42 Å². The van der Waals surface area contributed by atoms with E-state index in [0.29, 0.717) is 13.1 Å². The Balaban J connectivity index is 1.69. The summed E-state index contributed by atoms with van der Waals surface area (Å²) in [5, 5.41) is 13.9. The van der Waals surface area contributed by atoms with Gasteiger partial charge in [-0.3, -0.25) is 0 Å². The molecule has 22 heavy (non-hydrogen) atoms. The van der Waals surface area contributed by atoms with Crippen LogP contribution in [0.2, 0.25) is 5.02 Å². The van der Waals surface area contributed by atoms with E-state index < -0.39 is 6.10 Å². The van der Waals surface area contributed by atoms with Crippen LogP contribution in [-0.4, -0.2) is 24.9 Å². The summed E-state index contributed by atoms with van der Waals surface area (Å²) in [5.41, 5.74) is 2.26. The van der Waals surface area contributed by atoms with Gasteiger partial charge in [0.15, 0.2) is 0 Å². The van der Waals surface area contributed by atoms with E-state index in [0.717, 1.165) is 28.3 Å². The topological polar surface area (TPSA) is 41.5 Å². The lowest BCUT2D eigenvalue weighted by Crippen LogP contribution is -2.27. The number of rotatable bonds is 8. The van der Waals surface area contributed by atoms with E-state index in [2.05, 4.69) is 5.32 Å². The monoisotopic (exact) mass is 318 g/mol. The molecule has 0 aromatic heterocycles. The largest absolute Gasteiger partial charge is 0.497 e. The van der Waals surface area contributed by atoms with Gasteiger partial charge in [-0.05, 0) is 48.2 Å². The number of nitrogens with one attached hydrogen (secondary N) is 1.